The molecule has 1 fully saturated rings. The molecule has 1 saturated heterocycles. The molecule has 1 aromatic rings. The average Bonchev–Trinajstić information content (AvgIpc) is 2.66. The summed E-state index contributed by atoms with van der Waals surface area (Å²) in [6.07, 6.45) is 3.12. The zero-order valence-corrected chi connectivity index (χ0v) is 18.6. The van der Waals surface area contributed by atoms with Crippen LogP contribution in [0, 0.1) is 5.92 Å². The van der Waals surface area contributed by atoms with E-state index < -0.39 is 0 Å². The summed E-state index contributed by atoms with van der Waals surface area (Å²) in [5, 5.41) is 12.7. The Morgan fingerprint density at radius 1 is 1.12 bits per heavy atom. The lowest BCUT2D eigenvalue weighted by Crippen LogP contribution is -2.52. The molecule has 0 aromatic heterocycles. The number of para-hydroxylation sites is 1. The van der Waals surface area contributed by atoms with Gasteiger partial charge in [0.15, 0.2) is 5.96 Å². The first kappa shape index (κ1) is 23.0. The molecule has 0 aliphatic carbocycles. The Balaban J connectivity index is 0.00000338. The third kappa shape index (κ3) is 7.31. The highest BCUT2D eigenvalue weighted by molar-refractivity contribution is 14.0. The largest absolute Gasteiger partial charge is 0.396 e. The highest BCUT2D eigenvalue weighted by Crippen LogP contribution is 2.16. The second kappa shape index (κ2) is 13.2. The lowest BCUT2D eigenvalue weighted by molar-refractivity contribution is 0.253. The topological polar surface area (TPSA) is 51.1 Å². The number of rotatable bonds is 8. The molecule has 2 rings (SSSR count). The fraction of sp³-hybridized carbons (Fsp3) is 0.650. The van der Waals surface area contributed by atoms with Crippen LogP contribution in [0.15, 0.2) is 35.3 Å². The summed E-state index contributed by atoms with van der Waals surface area (Å²) in [7, 11) is 0. The number of guanidine groups is 1. The number of nitrogens with one attached hydrogen (secondary N) is 1. The van der Waals surface area contributed by atoms with Crippen molar-refractivity contribution in [1.29, 1.82) is 0 Å². The summed E-state index contributed by atoms with van der Waals surface area (Å²) in [6, 6.07) is 10.6. The van der Waals surface area contributed by atoms with Gasteiger partial charge in [-0.05, 0) is 37.8 Å². The second-order valence-corrected chi connectivity index (χ2v) is 6.67. The minimum Gasteiger partial charge on any atom is -0.396 e. The molecule has 2 N–H and O–H groups in total. The molecule has 0 spiro atoms. The fourth-order valence-electron chi connectivity index (χ4n) is 3.37. The van der Waals surface area contributed by atoms with Crippen molar-refractivity contribution in [2.75, 3.05) is 50.8 Å². The molecule has 26 heavy (non-hydrogen) atoms. The van der Waals surface area contributed by atoms with E-state index in [1.54, 1.807) is 0 Å². The quantitative estimate of drug-likeness (QED) is 0.345. The number of anilines is 1. The van der Waals surface area contributed by atoms with E-state index in [0.29, 0.717) is 5.92 Å². The molecule has 1 aromatic carbocycles. The molecule has 1 unspecified atom stereocenters. The number of benzene rings is 1. The van der Waals surface area contributed by atoms with E-state index in [9.17, 15) is 5.11 Å². The van der Waals surface area contributed by atoms with Crippen molar-refractivity contribution in [1.82, 2.24) is 10.2 Å². The Labute approximate surface area is 175 Å². The molecule has 1 atom stereocenters. The first-order valence-corrected chi connectivity index (χ1v) is 9.72. The van der Waals surface area contributed by atoms with Gasteiger partial charge in [0, 0.05) is 51.6 Å². The maximum absolute atomic E-state index is 9.24. The van der Waals surface area contributed by atoms with Gasteiger partial charge in [-0.2, -0.15) is 0 Å². The van der Waals surface area contributed by atoms with Crippen molar-refractivity contribution in [3.63, 3.8) is 0 Å². The van der Waals surface area contributed by atoms with Crippen molar-refractivity contribution in [2.45, 2.75) is 33.1 Å². The normalized spacial score (nSPS) is 16.2. The average molecular weight is 474 g/mol. The minimum absolute atomic E-state index is 0. The van der Waals surface area contributed by atoms with E-state index in [0.717, 1.165) is 64.5 Å². The van der Waals surface area contributed by atoms with E-state index in [4.69, 9.17) is 4.99 Å². The third-order valence-electron chi connectivity index (χ3n) is 4.77. The van der Waals surface area contributed by atoms with Crippen molar-refractivity contribution in [3.8, 4) is 0 Å². The molecule has 6 heteroatoms. The zero-order valence-electron chi connectivity index (χ0n) is 16.2. The fourth-order valence-corrected chi connectivity index (χ4v) is 3.37. The van der Waals surface area contributed by atoms with Crippen LogP contribution in [0.25, 0.3) is 0 Å². The van der Waals surface area contributed by atoms with Crippen molar-refractivity contribution < 1.29 is 5.11 Å². The summed E-state index contributed by atoms with van der Waals surface area (Å²) in [5.41, 5.74) is 1.30. The van der Waals surface area contributed by atoms with Crippen LogP contribution in [-0.4, -0.2) is 61.8 Å². The SMILES string of the molecule is CCCC(CCO)CN=C(NCC)N1CCN(c2ccccc2)CC1.I. The summed E-state index contributed by atoms with van der Waals surface area (Å²) in [5.74, 6) is 1.50. The number of aliphatic hydroxyl groups excluding tert-OH is 1. The van der Waals surface area contributed by atoms with Crippen LogP contribution < -0.4 is 10.2 Å². The molecule has 5 nitrogen and oxygen atoms in total. The highest BCUT2D eigenvalue weighted by atomic mass is 127. The Kier molecular flexibility index (Phi) is 11.7. The molecule has 0 saturated carbocycles. The molecule has 0 radical (unpaired) electrons. The van der Waals surface area contributed by atoms with E-state index in [1.807, 2.05) is 0 Å². The summed E-state index contributed by atoms with van der Waals surface area (Å²) in [6.45, 7) is 10.3. The first-order chi connectivity index (χ1) is 12.3. The first-order valence-electron chi connectivity index (χ1n) is 9.72. The smallest absolute Gasteiger partial charge is 0.194 e. The van der Waals surface area contributed by atoms with Gasteiger partial charge in [-0.25, -0.2) is 0 Å². The van der Waals surface area contributed by atoms with Gasteiger partial charge in [-0.15, -0.1) is 24.0 Å². The summed E-state index contributed by atoms with van der Waals surface area (Å²) < 4.78 is 0. The van der Waals surface area contributed by atoms with Crippen molar-refractivity contribution >= 4 is 35.6 Å². The number of piperazine rings is 1. The number of hydrogen-bond donors (Lipinski definition) is 2. The lowest BCUT2D eigenvalue weighted by atomic mass is 10.0. The van der Waals surface area contributed by atoms with Crippen LogP contribution in [-0.2, 0) is 0 Å². The van der Waals surface area contributed by atoms with E-state index in [-0.39, 0.29) is 30.6 Å². The minimum atomic E-state index is 0. The Bertz CT molecular complexity index is 498. The molecule has 1 heterocycles. The second-order valence-electron chi connectivity index (χ2n) is 6.67. The summed E-state index contributed by atoms with van der Waals surface area (Å²) in [4.78, 5) is 9.68. The van der Waals surface area contributed by atoms with Gasteiger partial charge in [0.1, 0.15) is 0 Å². The van der Waals surface area contributed by atoms with Gasteiger partial charge in [0.05, 0.1) is 0 Å². The number of halogens is 1. The van der Waals surface area contributed by atoms with Crippen LogP contribution in [0.2, 0.25) is 0 Å². The van der Waals surface area contributed by atoms with Gasteiger partial charge in [0.2, 0.25) is 0 Å². The van der Waals surface area contributed by atoms with Crippen molar-refractivity contribution in [2.24, 2.45) is 10.9 Å². The van der Waals surface area contributed by atoms with Crippen LogP contribution in [0.4, 0.5) is 5.69 Å². The van der Waals surface area contributed by atoms with Gasteiger partial charge in [-0.1, -0.05) is 31.5 Å². The van der Waals surface area contributed by atoms with E-state index in [1.165, 1.54) is 5.69 Å². The van der Waals surface area contributed by atoms with Crippen LogP contribution in [0.3, 0.4) is 0 Å². The molecule has 1 aliphatic rings. The summed E-state index contributed by atoms with van der Waals surface area (Å²) >= 11 is 0. The number of hydrogen-bond acceptors (Lipinski definition) is 3. The number of aliphatic imine (C=N–C) groups is 1. The molecule has 0 bridgehead atoms. The Hall–Kier alpha value is -1.02. The van der Waals surface area contributed by atoms with Crippen molar-refractivity contribution in [3.05, 3.63) is 30.3 Å². The van der Waals surface area contributed by atoms with Crippen LogP contribution in [0.5, 0.6) is 0 Å². The third-order valence-corrected chi connectivity index (χ3v) is 4.77. The molecular weight excluding hydrogens is 439 g/mol. The molecule has 1 aliphatic heterocycles. The predicted octanol–water partition coefficient (Wildman–Crippen LogP) is 3.19. The van der Waals surface area contributed by atoms with Gasteiger partial charge < -0.3 is 20.2 Å². The maximum Gasteiger partial charge on any atom is 0.194 e. The Morgan fingerprint density at radius 3 is 2.38 bits per heavy atom. The van der Waals surface area contributed by atoms with Crippen LogP contribution in [0.1, 0.15) is 33.1 Å². The number of aliphatic hydroxyl groups is 1. The molecule has 0 amide bonds. The monoisotopic (exact) mass is 474 g/mol. The molecule has 148 valence electrons. The maximum atomic E-state index is 9.24. The van der Waals surface area contributed by atoms with Gasteiger partial charge in [0.25, 0.3) is 0 Å². The molecular formula is C20H35IN4O. The number of nitrogens with zero attached hydrogens (tertiary/aromatic N) is 3. The van der Waals surface area contributed by atoms with Crippen LogP contribution >= 0.6 is 24.0 Å². The van der Waals surface area contributed by atoms with Gasteiger partial charge >= 0.3 is 0 Å². The zero-order chi connectivity index (χ0) is 17.9. The van der Waals surface area contributed by atoms with E-state index >= 15 is 0 Å². The highest BCUT2D eigenvalue weighted by Gasteiger charge is 2.20. The lowest BCUT2D eigenvalue weighted by Gasteiger charge is -2.37. The van der Waals surface area contributed by atoms with Gasteiger partial charge in [-0.3, -0.25) is 4.99 Å². The van der Waals surface area contributed by atoms with E-state index in [2.05, 4.69) is 59.3 Å². The Morgan fingerprint density at radius 2 is 1.81 bits per heavy atom. The predicted molar refractivity (Wildman–Crippen MR) is 122 cm³/mol. The standard InChI is InChI=1S/C20H34N4O.HI/c1-3-8-18(11-16-25)17-22-20(21-4-2)24-14-12-23(13-15-24)19-9-6-5-7-10-19;/h5-7,9-10,18,25H,3-4,8,11-17H2,1-2H3,(H,21,22);1H.